The molecule has 0 fully saturated rings. The number of benzene rings is 1. The van der Waals surface area contributed by atoms with Crippen LogP contribution in [0.15, 0.2) is 34.4 Å². The number of alkyl halides is 2. The van der Waals surface area contributed by atoms with Crippen molar-refractivity contribution in [1.82, 2.24) is 5.32 Å². The van der Waals surface area contributed by atoms with Gasteiger partial charge in [-0.1, -0.05) is 12.1 Å². The van der Waals surface area contributed by atoms with E-state index in [2.05, 4.69) is 20.2 Å². The van der Waals surface area contributed by atoms with Crippen LogP contribution in [-0.4, -0.2) is 36.2 Å². The first-order valence-corrected chi connectivity index (χ1v) is 7.97. The highest BCUT2D eigenvalue weighted by Crippen LogP contribution is 2.18. The fraction of sp³-hybridized carbons (Fsp3) is 0.529. The molecule has 0 radical (unpaired) electrons. The number of amides is 1. The van der Waals surface area contributed by atoms with E-state index >= 15 is 0 Å². The molecule has 7 nitrogen and oxygen atoms in total. The minimum Gasteiger partial charge on any atom is -0.444 e. The Balaban J connectivity index is 2.87. The number of nitroso groups, excluding NO2 is 1. The first kappa shape index (κ1) is 21.5. The molecule has 0 spiro atoms. The second-order valence-electron chi connectivity index (χ2n) is 6.63. The van der Waals surface area contributed by atoms with Gasteiger partial charge in [-0.15, -0.1) is 4.91 Å². The molecule has 1 unspecified atom stereocenters. The molecule has 0 aliphatic heterocycles. The standard InChI is InChI=1S/C17H23F2N3O4/c1-10(11(2)21-16(23)26-17(3,4)5)20-14(22-24)12-7-6-8-13(9-12)25-15(18)19/h6-11,15H,1-5H3,(H,21,23)/b20-14-/t10?,11-/m0/s1. The number of rotatable bonds is 6. The summed E-state index contributed by atoms with van der Waals surface area (Å²) in [7, 11) is 0. The van der Waals surface area contributed by atoms with Gasteiger partial charge in [0.1, 0.15) is 11.4 Å². The Morgan fingerprint density at radius 2 is 1.88 bits per heavy atom. The van der Waals surface area contributed by atoms with E-state index in [1.54, 1.807) is 34.6 Å². The van der Waals surface area contributed by atoms with E-state index in [0.29, 0.717) is 0 Å². The van der Waals surface area contributed by atoms with Gasteiger partial charge >= 0.3 is 12.7 Å². The average molecular weight is 371 g/mol. The van der Waals surface area contributed by atoms with Crippen molar-refractivity contribution in [3.8, 4) is 5.75 Å². The molecule has 0 saturated heterocycles. The first-order valence-electron chi connectivity index (χ1n) is 7.97. The first-order chi connectivity index (χ1) is 12.0. The molecule has 0 heterocycles. The summed E-state index contributed by atoms with van der Waals surface area (Å²) in [6.45, 7) is 5.60. The van der Waals surface area contributed by atoms with Crippen molar-refractivity contribution in [2.24, 2.45) is 10.2 Å². The molecule has 1 aromatic carbocycles. The van der Waals surface area contributed by atoms with E-state index in [0.717, 1.165) is 0 Å². The monoisotopic (exact) mass is 371 g/mol. The van der Waals surface area contributed by atoms with Crippen LogP contribution in [0.5, 0.6) is 5.75 Å². The number of nitrogens with one attached hydrogen (secondary N) is 1. The highest BCUT2D eigenvalue weighted by atomic mass is 19.3. The smallest absolute Gasteiger partial charge is 0.407 e. The summed E-state index contributed by atoms with van der Waals surface area (Å²) in [5.74, 6) is -0.295. The van der Waals surface area contributed by atoms with Gasteiger partial charge < -0.3 is 14.8 Å². The lowest BCUT2D eigenvalue weighted by Crippen LogP contribution is -2.42. The molecule has 9 heteroatoms. The number of halogens is 2. The van der Waals surface area contributed by atoms with Gasteiger partial charge in [-0.25, -0.2) is 4.79 Å². The van der Waals surface area contributed by atoms with E-state index < -0.39 is 30.4 Å². The predicted octanol–water partition coefficient (Wildman–Crippen LogP) is 4.10. The molecule has 0 aliphatic carbocycles. The average Bonchev–Trinajstić information content (AvgIpc) is 2.49. The van der Waals surface area contributed by atoms with E-state index in [1.165, 1.54) is 24.3 Å². The Labute approximate surface area is 150 Å². The predicted molar refractivity (Wildman–Crippen MR) is 93.7 cm³/mol. The number of hydrogen-bond acceptors (Lipinski definition) is 5. The molecule has 144 valence electrons. The summed E-state index contributed by atoms with van der Waals surface area (Å²) in [4.78, 5) is 27.1. The third kappa shape index (κ3) is 7.54. The van der Waals surface area contributed by atoms with Crippen LogP contribution in [0, 0.1) is 4.91 Å². The molecule has 1 N–H and O–H groups in total. The lowest BCUT2D eigenvalue weighted by Gasteiger charge is -2.23. The number of carbonyl (C=O) groups is 1. The summed E-state index contributed by atoms with van der Waals surface area (Å²) >= 11 is 0. The maximum absolute atomic E-state index is 12.3. The van der Waals surface area contributed by atoms with Crippen molar-refractivity contribution < 1.29 is 23.0 Å². The highest BCUT2D eigenvalue weighted by Gasteiger charge is 2.21. The Morgan fingerprint density at radius 3 is 2.42 bits per heavy atom. The van der Waals surface area contributed by atoms with Crippen LogP contribution in [0.1, 0.15) is 40.2 Å². The lowest BCUT2D eigenvalue weighted by molar-refractivity contribution is -0.0498. The summed E-state index contributed by atoms with van der Waals surface area (Å²) in [6, 6.07) is 4.54. The summed E-state index contributed by atoms with van der Waals surface area (Å²) in [5.41, 5.74) is -0.411. The van der Waals surface area contributed by atoms with Gasteiger partial charge in [-0.3, -0.25) is 4.99 Å². The second kappa shape index (κ2) is 9.21. The van der Waals surface area contributed by atoms with Crippen LogP contribution in [-0.2, 0) is 4.74 Å². The zero-order chi connectivity index (χ0) is 19.9. The number of hydrogen-bond donors (Lipinski definition) is 1. The Bertz CT molecular complexity index is 660. The fourth-order valence-corrected chi connectivity index (χ4v) is 1.88. The Hall–Kier alpha value is -2.58. The van der Waals surface area contributed by atoms with Crippen molar-refractivity contribution in [2.45, 2.75) is 58.9 Å². The van der Waals surface area contributed by atoms with Gasteiger partial charge in [-0.2, -0.15) is 8.78 Å². The third-order valence-electron chi connectivity index (χ3n) is 3.20. The topological polar surface area (TPSA) is 89.4 Å². The van der Waals surface area contributed by atoms with Crippen LogP contribution in [0.2, 0.25) is 0 Å². The summed E-state index contributed by atoms with van der Waals surface area (Å²) in [5, 5.41) is 5.47. The van der Waals surface area contributed by atoms with Crippen LogP contribution >= 0.6 is 0 Å². The normalized spacial score (nSPS) is 14.5. The van der Waals surface area contributed by atoms with Gasteiger partial charge in [0, 0.05) is 5.56 Å². The van der Waals surface area contributed by atoms with Crippen molar-refractivity contribution in [3.63, 3.8) is 0 Å². The van der Waals surface area contributed by atoms with Gasteiger partial charge in [0.15, 0.2) is 5.84 Å². The molecule has 2 atom stereocenters. The zero-order valence-corrected chi connectivity index (χ0v) is 15.3. The van der Waals surface area contributed by atoms with E-state index in [1.807, 2.05) is 0 Å². The molecule has 26 heavy (non-hydrogen) atoms. The van der Waals surface area contributed by atoms with E-state index in [-0.39, 0.29) is 17.1 Å². The number of aliphatic imine (C=N–C) groups is 1. The number of amidine groups is 1. The molecule has 1 rings (SSSR count). The maximum atomic E-state index is 12.3. The lowest BCUT2D eigenvalue weighted by atomic mass is 10.1. The third-order valence-corrected chi connectivity index (χ3v) is 3.20. The molecule has 0 aliphatic rings. The molecular weight excluding hydrogens is 348 g/mol. The fourth-order valence-electron chi connectivity index (χ4n) is 1.88. The van der Waals surface area contributed by atoms with Gasteiger partial charge in [0.05, 0.1) is 12.1 Å². The van der Waals surface area contributed by atoms with Crippen molar-refractivity contribution in [1.29, 1.82) is 0 Å². The van der Waals surface area contributed by atoms with Crippen LogP contribution < -0.4 is 10.1 Å². The Morgan fingerprint density at radius 1 is 1.23 bits per heavy atom. The van der Waals surface area contributed by atoms with Crippen LogP contribution in [0.3, 0.4) is 0 Å². The van der Waals surface area contributed by atoms with Crippen molar-refractivity contribution in [2.75, 3.05) is 0 Å². The Kier molecular flexibility index (Phi) is 7.60. The van der Waals surface area contributed by atoms with Gasteiger partial charge in [0.25, 0.3) is 0 Å². The van der Waals surface area contributed by atoms with Crippen molar-refractivity contribution in [3.05, 3.63) is 34.7 Å². The largest absolute Gasteiger partial charge is 0.444 e. The number of nitrogens with zero attached hydrogens (tertiary/aromatic N) is 2. The molecule has 1 aromatic rings. The number of ether oxygens (including phenoxy) is 2. The van der Waals surface area contributed by atoms with Gasteiger partial charge in [0.2, 0.25) is 0 Å². The SMILES string of the molecule is CC(/N=C(\N=O)c1cccc(OC(F)F)c1)[C@H](C)NC(=O)OC(C)(C)C. The molecule has 0 bridgehead atoms. The molecule has 1 amide bonds. The van der Waals surface area contributed by atoms with E-state index in [4.69, 9.17) is 4.74 Å². The van der Waals surface area contributed by atoms with E-state index in [9.17, 15) is 18.5 Å². The van der Waals surface area contributed by atoms with Gasteiger partial charge in [-0.05, 0) is 51.9 Å². The minimum atomic E-state index is -2.98. The zero-order valence-electron chi connectivity index (χ0n) is 15.3. The molecular formula is C17H23F2N3O4. The minimum absolute atomic E-state index is 0.110. The number of carbonyl (C=O) groups excluding carboxylic acids is 1. The van der Waals surface area contributed by atoms with Crippen LogP contribution in [0.25, 0.3) is 0 Å². The maximum Gasteiger partial charge on any atom is 0.407 e. The quantitative estimate of drug-likeness (QED) is 0.463. The number of alkyl carbamates (subject to hydrolysis) is 1. The second-order valence-corrected chi connectivity index (χ2v) is 6.63. The van der Waals surface area contributed by atoms with Crippen LogP contribution in [0.4, 0.5) is 13.6 Å². The molecule has 0 saturated carbocycles. The molecule has 0 aromatic heterocycles. The summed E-state index contributed by atoms with van der Waals surface area (Å²) < 4.78 is 34.1. The van der Waals surface area contributed by atoms with Crippen molar-refractivity contribution >= 4 is 11.9 Å². The highest BCUT2D eigenvalue weighted by molar-refractivity contribution is 5.99. The summed E-state index contributed by atoms with van der Waals surface area (Å²) in [6.07, 6.45) is -0.611.